The number of carbonyl (C=O) groups is 2. The molecule has 0 spiro atoms. The van der Waals surface area contributed by atoms with E-state index >= 15 is 0 Å². The SMILES string of the molecule is CC1CCC(OC(=O)CN2C(=O)COc3ccc([N+](=O)[O-])nc32)CC1. The van der Waals surface area contributed by atoms with Crippen LogP contribution in [0.15, 0.2) is 12.1 Å². The van der Waals surface area contributed by atoms with E-state index in [4.69, 9.17) is 9.47 Å². The Balaban J connectivity index is 1.71. The molecule has 0 aromatic carbocycles. The molecular weight excluding hydrogens is 330 g/mol. The Morgan fingerprint density at radius 2 is 2.12 bits per heavy atom. The summed E-state index contributed by atoms with van der Waals surface area (Å²) in [6, 6.07) is 2.56. The first-order valence-electron chi connectivity index (χ1n) is 8.22. The highest BCUT2D eigenvalue weighted by molar-refractivity contribution is 6.00. The summed E-state index contributed by atoms with van der Waals surface area (Å²) < 4.78 is 10.7. The van der Waals surface area contributed by atoms with Gasteiger partial charge in [0.05, 0.1) is 0 Å². The minimum absolute atomic E-state index is 0.0281. The molecule has 1 aromatic heterocycles. The molecule has 134 valence electrons. The maximum Gasteiger partial charge on any atom is 0.366 e. The quantitative estimate of drug-likeness (QED) is 0.463. The van der Waals surface area contributed by atoms with Crippen LogP contribution in [-0.4, -0.2) is 41.0 Å². The van der Waals surface area contributed by atoms with Gasteiger partial charge >= 0.3 is 11.8 Å². The van der Waals surface area contributed by atoms with Crippen LogP contribution in [0.1, 0.15) is 32.6 Å². The topological polar surface area (TPSA) is 112 Å². The van der Waals surface area contributed by atoms with Gasteiger partial charge < -0.3 is 19.6 Å². The molecule has 0 bridgehead atoms. The lowest BCUT2D eigenvalue weighted by atomic mass is 9.89. The summed E-state index contributed by atoms with van der Waals surface area (Å²) in [5, 5.41) is 10.9. The Hall–Kier alpha value is -2.71. The Morgan fingerprint density at radius 1 is 1.40 bits per heavy atom. The molecule has 2 heterocycles. The lowest BCUT2D eigenvalue weighted by Gasteiger charge is -2.28. The predicted molar refractivity (Wildman–Crippen MR) is 86.3 cm³/mol. The number of aromatic nitrogens is 1. The van der Waals surface area contributed by atoms with Crippen molar-refractivity contribution in [3.05, 3.63) is 22.2 Å². The van der Waals surface area contributed by atoms with Crippen LogP contribution in [0.5, 0.6) is 5.75 Å². The second kappa shape index (κ2) is 7.04. The molecule has 1 aromatic rings. The number of hydrogen-bond acceptors (Lipinski definition) is 7. The van der Waals surface area contributed by atoms with Crippen molar-refractivity contribution < 1.29 is 24.0 Å². The average molecular weight is 349 g/mol. The van der Waals surface area contributed by atoms with Crippen molar-refractivity contribution in [2.45, 2.75) is 38.7 Å². The highest BCUT2D eigenvalue weighted by Crippen LogP contribution is 2.32. The van der Waals surface area contributed by atoms with Crippen LogP contribution >= 0.6 is 0 Å². The van der Waals surface area contributed by atoms with Crippen molar-refractivity contribution in [1.82, 2.24) is 4.98 Å². The fraction of sp³-hybridized carbons (Fsp3) is 0.562. The Labute approximate surface area is 144 Å². The maximum absolute atomic E-state index is 12.2. The van der Waals surface area contributed by atoms with Gasteiger partial charge in [-0.1, -0.05) is 6.92 Å². The standard InChI is InChI=1S/C16H19N3O6/c1-10-2-4-11(5-3-10)25-15(21)8-18-14(20)9-24-12-6-7-13(19(22)23)17-16(12)18/h6-7,10-11H,2-5,8-9H2,1H3. The average Bonchev–Trinajstić information content (AvgIpc) is 2.59. The lowest BCUT2D eigenvalue weighted by molar-refractivity contribution is -0.389. The van der Waals surface area contributed by atoms with E-state index in [1.807, 2.05) is 0 Å². The Bertz CT molecular complexity index is 699. The van der Waals surface area contributed by atoms with Gasteiger partial charge in [0.15, 0.2) is 12.4 Å². The highest BCUT2D eigenvalue weighted by atomic mass is 16.6. The summed E-state index contributed by atoms with van der Waals surface area (Å²) in [5.41, 5.74) is 0. The molecule has 9 heteroatoms. The molecule has 1 amide bonds. The zero-order valence-corrected chi connectivity index (χ0v) is 13.8. The third-order valence-electron chi connectivity index (χ3n) is 4.47. The van der Waals surface area contributed by atoms with E-state index in [0.29, 0.717) is 5.92 Å². The molecule has 0 radical (unpaired) electrons. The minimum Gasteiger partial charge on any atom is -0.477 e. The summed E-state index contributed by atoms with van der Waals surface area (Å²) in [6.45, 7) is 1.58. The first-order valence-corrected chi connectivity index (χ1v) is 8.22. The van der Waals surface area contributed by atoms with E-state index in [2.05, 4.69) is 11.9 Å². The summed E-state index contributed by atoms with van der Waals surface area (Å²) in [4.78, 5) is 39.4. The van der Waals surface area contributed by atoms with Crippen LogP contribution in [-0.2, 0) is 14.3 Å². The van der Waals surface area contributed by atoms with Gasteiger partial charge in [-0.05, 0) is 47.6 Å². The molecule has 9 nitrogen and oxygen atoms in total. The van der Waals surface area contributed by atoms with Gasteiger partial charge in [0.1, 0.15) is 12.6 Å². The second-order valence-corrected chi connectivity index (χ2v) is 6.39. The number of nitro groups is 1. The van der Waals surface area contributed by atoms with Crippen LogP contribution in [0.2, 0.25) is 0 Å². The number of esters is 1. The van der Waals surface area contributed by atoms with E-state index in [9.17, 15) is 19.7 Å². The van der Waals surface area contributed by atoms with Gasteiger partial charge in [-0.3, -0.25) is 14.5 Å². The van der Waals surface area contributed by atoms with Crippen molar-refractivity contribution in [3.63, 3.8) is 0 Å². The number of rotatable bonds is 4. The van der Waals surface area contributed by atoms with Gasteiger partial charge in [0, 0.05) is 6.07 Å². The van der Waals surface area contributed by atoms with Crippen LogP contribution in [0.3, 0.4) is 0 Å². The lowest BCUT2D eigenvalue weighted by Crippen LogP contribution is -2.43. The monoisotopic (exact) mass is 349 g/mol. The number of fused-ring (bicyclic) bond motifs is 1. The zero-order valence-electron chi connectivity index (χ0n) is 13.8. The largest absolute Gasteiger partial charge is 0.477 e. The molecule has 1 saturated carbocycles. The van der Waals surface area contributed by atoms with Gasteiger partial charge in [-0.15, -0.1) is 0 Å². The maximum atomic E-state index is 12.2. The first kappa shape index (κ1) is 17.1. The fourth-order valence-corrected chi connectivity index (χ4v) is 3.03. The predicted octanol–water partition coefficient (Wildman–Crippen LogP) is 1.84. The molecular formula is C16H19N3O6. The summed E-state index contributed by atoms with van der Waals surface area (Å²) in [6.07, 6.45) is 3.49. The molecule has 1 aliphatic carbocycles. The number of pyridine rings is 1. The van der Waals surface area contributed by atoms with Crippen LogP contribution in [0, 0.1) is 16.0 Å². The van der Waals surface area contributed by atoms with Crippen molar-refractivity contribution in [1.29, 1.82) is 0 Å². The number of carbonyl (C=O) groups excluding carboxylic acids is 2. The van der Waals surface area contributed by atoms with E-state index in [-0.39, 0.29) is 30.8 Å². The minimum atomic E-state index is -0.668. The van der Waals surface area contributed by atoms with Crippen LogP contribution in [0.25, 0.3) is 0 Å². The summed E-state index contributed by atoms with van der Waals surface area (Å²) in [7, 11) is 0. The van der Waals surface area contributed by atoms with E-state index in [1.54, 1.807) is 0 Å². The number of anilines is 1. The van der Waals surface area contributed by atoms with Gasteiger partial charge in [-0.2, -0.15) is 0 Å². The molecule has 0 N–H and O–H groups in total. The molecule has 1 fully saturated rings. The smallest absolute Gasteiger partial charge is 0.366 e. The third kappa shape index (κ3) is 3.86. The van der Waals surface area contributed by atoms with Crippen LogP contribution in [0.4, 0.5) is 11.6 Å². The number of amides is 1. The Morgan fingerprint density at radius 3 is 2.80 bits per heavy atom. The van der Waals surface area contributed by atoms with Crippen molar-refractivity contribution in [3.8, 4) is 5.75 Å². The summed E-state index contributed by atoms with van der Waals surface area (Å²) in [5.74, 6) is -0.628. The van der Waals surface area contributed by atoms with Gasteiger partial charge in [0.2, 0.25) is 0 Å². The molecule has 0 saturated heterocycles. The second-order valence-electron chi connectivity index (χ2n) is 6.39. The molecule has 3 rings (SSSR count). The zero-order chi connectivity index (χ0) is 18.0. The van der Waals surface area contributed by atoms with Crippen molar-refractivity contribution in [2.75, 3.05) is 18.1 Å². The normalized spacial score (nSPS) is 22.8. The first-order chi connectivity index (χ1) is 11.9. The Kier molecular flexibility index (Phi) is 4.82. The van der Waals surface area contributed by atoms with Gasteiger partial charge in [0.25, 0.3) is 11.7 Å². The highest BCUT2D eigenvalue weighted by Gasteiger charge is 2.34. The van der Waals surface area contributed by atoms with E-state index < -0.39 is 22.6 Å². The summed E-state index contributed by atoms with van der Waals surface area (Å²) >= 11 is 0. The van der Waals surface area contributed by atoms with Gasteiger partial charge in [-0.25, -0.2) is 0 Å². The number of ether oxygens (including phenoxy) is 2. The molecule has 0 unspecified atom stereocenters. The fourth-order valence-electron chi connectivity index (χ4n) is 3.03. The molecule has 25 heavy (non-hydrogen) atoms. The van der Waals surface area contributed by atoms with Crippen molar-refractivity contribution >= 4 is 23.5 Å². The molecule has 2 aliphatic rings. The van der Waals surface area contributed by atoms with Crippen LogP contribution < -0.4 is 9.64 Å². The number of hydrogen-bond donors (Lipinski definition) is 0. The van der Waals surface area contributed by atoms with E-state index in [1.165, 1.54) is 12.1 Å². The third-order valence-corrected chi connectivity index (χ3v) is 4.47. The molecule has 1 aliphatic heterocycles. The van der Waals surface area contributed by atoms with E-state index in [0.717, 1.165) is 30.6 Å². The number of nitrogens with zero attached hydrogens (tertiary/aromatic N) is 3. The molecule has 0 atom stereocenters. The van der Waals surface area contributed by atoms with Crippen molar-refractivity contribution in [2.24, 2.45) is 5.92 Å².